The standard InChI is InChI=1S/C32H38N8O4/c1-20(2)31(26-16-34-39(5)37-26)44-18-22-9-8-10-24(13-22)35-29-15-27(30-32(36-29)40(19-33-30)21(3)41)38(4)17-23-11-12-25(42-6)14-28(23)43-7/h8-16,19-20,31H,17-18H2,1-7H3,(H,35,36)/t31-/m1/s1. The Labute approximate surface area is 256 Å². The monoisotopic (exact) mass is 598 g/mol. The van der Waals surface area contributed by atoms with Gasteiger partial charge in [-0.05, 0) is 35.7 Å². The van der Waals surface area contributed by atoms with E-state index in [1.54, 1.807) is 32.3 Å². The first-order chi connectivity index (χ1) is 21.2. The summed E-state index contributed by atoms with van der Waals surface area (Å²) in [5.41, 5.74) is 5.48. The second kappa shape index (κ2) is 13.1. The lowest BCUT2D eigenvalue weighted by molar-refractivity contribution is 0.00591. The number of aryl methyl sites for hydroxylation is 1. The molecular formula is C32H38N8O4. The molecule has 0 radical (unpaired) electrons. The molecule has 0 bridgehead atoms. The molecule has 230 valence electrons. The smallest absolute Gasteiger partial charge is 0.230 e. The van der Waals surface area contributed by atoms with Gasteiger partial charge in [-0.2, -0.15) is 15.0 Å². The van der Waals surface area contributed by atoms with Crippen LogP contribution in [0, 0.1) is 5.92 Å². The number of rotatable bonds is 12. The zero-order valence-electron chi connectivity index (χ0n) is 26.1. The van der Waals surface area contributed by atoms with Gasteiger partial charge in [-0.1, -0.05) is 26.0 Å². The van der Waals surface area contributed by atoms with Crippen LogP contribution in [0.5, 0.6) is 11.5 Å². The summed E-state index contributed by atoms with van der Waals surface area (Å²) in [6.45, 7) is 6.61. The number of imidazole rings is 1. The number of carbonyl (C=O) groups is 1. The Kier molecular flexibility index (Phi) is 9.09. The van der Waals surface area contributed by atoms with E-state index >= 15 is 0 Å². The minimum atomic E-state index is -0.182. The number of pyridine rings is 1. The molecule has 0 spiro atoms. The molecule has 0 amide bonds. The maximum absolute atomic E-state index is 12.4. The third-order valence-electron chi connectivity index (χ3n) is 7.28. The van der Waals surface area contributed by atoms with Crippen LogP contribution < -0.4 is 19.7 Å². The third kappa shape index (κ3) is 6.65. The second-order valence-electron chi connectivity index (χ2n) is 10.9. The molecule has 0 aliphatic heterocycles. The molecule has 3 aromatic heterocycles. The zero-order valence-corrected chi connectivity index (χ0v) is 26.1. The van der Waals surface area contributed by atoms with E-state index in [1.165, 1.54) is 17.8 Å². The van der Waals surface area contributed by atoms with Gasteiger partial charge in [0.25, 0.3) is 0 Å². The molecule has 12 heteroatoms. The summed E-state index contributed by atoms with van der Waals surface area (Å²) in [6.07, 6.45) is 3.07. The molecule has 1 N–H and O–H groups in total. The number of aromatic nitrogens is 6. The summed E-state index contributed by atoms with van der Waals surface area (Å²) < 4.78 is 18.7. The van der Waals surface area contributed by atoms with Crippen molar-refractivity contribution in [1.29, 1.82) is 0 Å². The number of fused-ring (bicyclic) bond motifs is 1. The molecule has 0 aliphatic rings. The fourth-order valence-electron chi connectivity index (χ4n) is 5.07. The predicted octanol–water partition coefficient (Wildman–Crippen LogP) is 5.53. The molecule has 5 aromatic rings. The lowest BCUT2D eigenvalue weighted by Crippen LogP contribution is -2.18. The molecule has 3 heterocycles. The van der Waals surface area contributed by atoms with Gasteiger partial charge in [0.15, 0.2) is 5.65 Å². The quantitative estimate of drug-likeness (QED) is 0.196. The van der Waals surface area contributed by atoms with E-state index in [0.717, 1.165) is 28.2 Å². The van der Waals surface area contributed by atoms with E-state index < -0.39 is 0 Å². The van der Waals surface area contributed by atoms with E-state index in [1.807, 2.05) is 55.6 Å². The predicted molar refractivity (Wildman–Crippen MR) is 169 cm³/mol. The molecule has 12 nitrogen and oxygen atoms in total. The van der Waals surface area contributed by atoms with Crippen molar-refractivity contribution < 1.29 is 19.0 Å². The number of benzene rings is 2. The molecular weight excluding hydrogens is 560 g/mol. The van der Waals surface area contributed by atoms with E-state index in [2.05, 4.69) is 39.2 Å². The van der Waals surface area contributed by atoms with Crippen molar-refractivity contribution in [2.75, 3.05) is 31.5 Å². The highest BCUT2D eigenvalue weighted by Gasteiger charge is 2.21. The number of nitrogens with one attached hydrogen (secondary N) is 1. The van der Waals surface area contributed by atoms with Crippen LogP contribution in [0.3, 0.4) is 0 Å². The largest absolute Gasteiger partial charge is 0.497 e. The van der Waals surface area contributed by atoms with Gasteiger partial charge in [0, 0.05) is 50.9 Å². The Bertz CT molecular complexity index is 1760. The van der Waals surface area contributed by atoms with Crippen molar-refractivity contribution >= 4 is 34.3 Å². The molecule has 0 fully saturated rings. The average molecular weight is 599 g/mol. The summed E-state index contributed by atoms with van der Waals surface area (Å²) >= 11 is 0. The van der Waals surface area contributed by atoms with Crippen molar-refractivity contribution in [3.8, 4) is 11.5 Å². The first-order valence-electron chi connectivity index (χ1n) is 14.3. The van der Waals surface area contributed by atoms with Gasteiger partial charge in [0.1, 0.15) is 41.0 Å². The summed E-state index contributed by atoms with van der Waals surface area (Å²) in [7, 11) is 7.02. The fourth-order valence-corrected chi connectivity index (χ4v) is 5.07. The minimum Gasteiger partial charge on any atom is -0.497 e. The number of ether oxygens (including phenoxy) is 3. The van der Waals surface area contributed by atoms with Crippen LogP contribution in [-0.2, 0) is 24.9 Å². The van der Waals surface area contributed by atoms with E-state index in [4.69, 9.17) is 19.2 Å². The fraction of sp³-hybridized carbons (Fsp3) is 0.344. The van der Waals surface area contributed by atoms with Crippen LogP contribution in [0.25, 0.3) is 11.2 Å². The lowest BCUT2D eigenvalue weighted by atomic mass is 10.0. The molecule has 1 atom stereocenters. The summed E-state index contributed by atoms with van der Waals surface area (Å²) in [6, 6.07) is 15.6. The van der Waals surface area contributed by atoms with Gasteiger partial charge in [0.2, 0.25) is 5.91 Å². The van der Waals surface area contributed by atoms with Crippen molar-refractivity contribution in [2.45, 2.75) is 40.0 Å². The van der Waals surface area contributed by atoms with Crippen LogP contribution >= 0.6 is 0 Å². The summed E-state index contributed by atoms with van der Waals surface area (Å²) in [4.78, 5) is 25.3. The Morgan fingerprint density at radius 1 is 1.09 bits per heavy atom. The number of methoxy groups -OCH3 is 2. The van der Waals surface area contributed by atoms with Gasteiger partial charge < -0.3 is 24.4 Å². The number of carbonyl (C=O) groups excluding carboxylic acids is 1. The molecule has 44 heavy (non-hydrogen) atoms. The minimum absolute atomic E-state index is 0.176. The molecule has 5 rings (SSSR count). The van der Waals surface area contributed by atoms with Crippen LogP contribution in [0.1, 0.15) is 48.5 Å². The van der Waals surface area contributed by atoms with Gasteiger partial charge >= 0.3 is 0 Å². The third-order valence-corrected chi connectivity index (χ3v) is 7.28. The molecule has 0 saturated heterocycles. The zero-order chi connectivity index (χ0) is 31.4. The SMILES string of the molecule is COc1ccc(CN(C)c2cc(Nc3cccc(CO[C@@H](c4cnn(C)n4)C(C)C)c3)nc3c2ncn3C(C)=O)c(OC)c1. The topological polar surface area (TPSA) is 121 Å². The summed E-state index contributed by atoms with van der Waals surface area (Å²) in [5.74, 6) is 2.05. The van der Waals surface area contributed by atoms with E-state index in [9.17, 15) is 4.79 Å². The Morgan fingerprint density at radius 3 is 2.59 bits per heavy atom. The van der Waals surface area contributed by atoms with Crippen molar-refractivity contribution in [2.24, 2.45) is 13.0 Å². The van der Waals surface area contributed by atoms with Gasteiger partial charge in [0.05, 0.1) is 32.7 Å². The molecule has 0 unspecified atom stereocenters. The first-order valence-corrected chi connectivity index (χ1v) is 14.3. The Hall–Kier alpha value is -4.97. The van der Waals surface area contributed by atoms with Crippen molar-refractivity contribution in [1.82, 2.24) is 29.5 Å². The lowest BCUT2D eigenvalue weighted by Gasteiger charge is -2.22. The second-order valence-corrected chi connectivity index (χ2v) is 10.9. The van der Waals surface area contributed by atoms with Crippen molar-refractivity contribution in [3.63, 3.8) is 0 Å². The molecule has 0 aliphatic carbocycles. The van der Waals surface area contributed by atoms with Gasteiger partial charge in [-0.15, -0.1) is 0 Å². The summed E-state index contributed by atoms with van der Waals surface area (Å²) in [5, 5.41) is 12.1. The highest BCUT2D eigenvalue weighted by atomic mass is 16.5. The molecule has 2 aromatic carbocycles. The van der Waals surface area contributed by atoms with Crippen LogP contribution in [-0.4, -0.2) is 56.7 Å². The Morgan fingerprint density at radius 2 is 1.91 bits per heavy atom. The first kappa shape index (κ1) is 30.5. The van der Waals surface area contributed by atoms with E-state index in [0.29, 0.717) is 41.6 Å². The van der Waals surface area contributed by atoms with Crippen molar-refractivity contribution in [3.05, 3.63) is 77.9 Å². The van der Waals surface area contributed by atoms with Crippen LogP contribution in [0.4, 0.5) is 17.2 Å². The van der Waals surface area contributed by atoms with Gasteiger partial charge in [-0.3, -0.25) is 9.36 Å². The van der Waals surface area contributed by atoms with Crippen LogP contribution in [0.2, 0.25) is 0 Å². The van der Waals surface area contributed by atoms with E-state index in [-0.39, 0.29) is 17.9 Å². The maximum Gasteiger partial charge on any atom is 0.230 e. The number of nitrogens with zero attached hydrogens (tertiary/aromatic N) is 7. The number of hydrogen-bond donors (Lipinski definition) is 1. The van der Waals surface area contributed by atoms with Gasteiger partial charge in [-0.25, -0.2) is 9.97 Å². The number of hydrogen-bond acceptors (Lipinski definition) is 10. The number of anilines is 3. The highest BCUT2D eigenvalue weighted by molar-refractivity contribution is 5.94. The average Bonchev–Trinajstić information content (AvgIpc) is 3.63. The van der Waals surface area contributed by atoms with Crippen LogP contribution in [0.15, 0.2) is 61.1 Å². The highest BCUT2D eigenvalue weighted by Crippen LogP contribution is 2.32. The molecule has 0 saturated carbocycles. The Balaban J connectivity index is 1.42. The maximum atomic E-state index is 12.4. The normalized spacial score (nSPS) is 12.0.